The van der Waals surface area contributed by atoms with Gasteiger partial charge in [0.1, 0.15) is 11.8 Å². The maximum Gasteiger partial charge on any atom is 0.307 e. The summed E-state index contributed by atoms with van der Waals surface area (Å²) < 4.78 is 11.3. The molecule has 0 radical (unpaired) electrons. The highest BCUT2D eigenvalue weighted by Gasteiger charge is 2.51. The summed E-state index contributed by atoms with van der Waals surface area (Å²) in [6.07, 6.45) is 0.640. The van der Waals surface area contributed by atoms with Crippen LogP contribution in [0.3, 0.4) is 0 Å². The zero-order valence-electron chi connectivity index (χ0n) is 32.7. The highest BCUT2D eigenvalue weighted by Crippen LogP contribution is 2.40. The standard InChI is InChI=1S/C40H57N5O7S.ClH/c1-27-14-13-15-28(2)34(27)51-25-32(47)42-30(24-29-16-9-8-10-17-29)35(52-33(48)19-18-31(46)41-20-23-44-21-11-12-22-44)38(50)45-26-53-40(6,7)36(45)37(49)43-39(3,4)5;/h8-10,13-17,30,35-36H,11-12,18-26H2,1-7H3,(H,41,46)(H,42,47)(H,43,49);1H/t30-,35-,36+;/m0./s1. The van der Waals surface area contributed by atoms with Gasteiger partial charge in [-0.2, -0.15) is 0 Å². The molecule has 14 heteroatoms. The van der Waals surface area contributed by atoms with Crippen LogP contribution >= 0.6 is 11.8 Å². The number of quaternary nitrogens is 1. The molecule has 4 N–H and O–H groups in total. The van der Waals surface area contributed by atoms with Crippen LogP contribution in [-0.2, 0) is 35.1 Å². The van der Waals surface area contributed by atoms with Crippen LogP contribution in [0.25, 0.3) is 0 Å². The number of halogens is 1. The SMILES string of the molecule is Cc1cccc(C)c1OCC(=O)N[C@@H](Cc1ccccc1)[C@H](OC(=O)CCC(=O)NCC[NH+]1CCCC1)C(=O)N1CSC(C)(C)[C@H]1C(=O)NC(C)(C)C.[Cl-]. The molecule has 0 bridgehead atoms. The van der Waals surface area contributed by atoms with Gasteiger partial charge in [-0.25, -0.2) is 0 Å². The van der Waals surface area contributed by atoms with Crippen LogP contribution in [-0.4, -0.2) is 102 Å². The Hall–Kier alpha value is -3.81. The molecular weight excluding hydrogens is 730 g/mol. The van der Waals surface area contributed by atoms with E-state index in [4.69, 9.17) is 9.47 Å². The van der Waals surface area contributed by atoms with E-state index in [2.05, 4.69) is 16.0 Å². The second-order valence-corrected chi connectivity index (χ2v) is 17.3. The first kappa shape index (κ1) is 44.6. The second-order valence-electron chi connectivity index (χ2n) is 15.7. The van der Waals surface area contributed by atoms with Gasteiger partial charge in [-0.05, 0) is 71.6 Å². The quantitative estimate of drug-likeness (QED) is 0.167. The molecule has 2 aromatic rings. The van der Waals surface area contributed by atoms with Crippen molar-refractivity contribution in [3.63, 3.8) is 0 Å². The van der Waals surface area contributed by atoms with E-state index >= 15 is 0 Å². The van der Waals surface area contributed by atoms with Gasteiger partial charge in [-0.3, -0.25) is 24.0 Å². The Morgan fingerprint density at radius 2 is 1.59 bits per heavy atom. The average Bonchev–Trinajstić information content (AvgIpc) is 3.72. The van der Waals surface area contributed by atoms with Crippen molar-refractivity contribution in [1.29, 1.82) is 0 Å². The molecule has 0 saturated carbocycles. The van der Waals surface area contributed by atoms with Crippen molar-refractivity contribution in [1.82, 2.24) is 20.9 Å². The third-order valence-electron chi connectivity index (χ3n) is 9.51. The lowest BCUT2D eigenvalue weighted by atomic mass is 9.96. The van der Waals surface area contributed by atoms with Gasteiger partial charge in [0.25, 0.3) is 11.8 Å². The summed E-state index contributed by atoms with van der Waals surface area (Å²) in [7, 11) is 0. The highest BCUT2D eigenvalue weighted by atomic mass is 35.5. The summed E-state index contributed by atoms with van der Waals surface area (Å²) in [5.74, 6) is -1.73. The molecule has 2 aliphatic rings. The fourth-order valence-electron chi connectivity index (χ4n) is 6.84. The van der Waals surface area contributed by atoms with Gasteiger partial charge in [-0.1, -0.05) is 48.5 Å². The molecule has 54 heavy (non-hydrogen) atoms. The van der Waals surface area contributed by atoms with Crippen LogP contribution in [0.15, 0.2) is 48.5 Å². The summed E-state index contributed by atoms with van der Waals surface area (Å²) in [6.45, 7) is 16.4. The average molecular weight is 788 g/mol. The van der Waals surface area contributed by atoms with E-state index in [0.717, 1.165) is 36.3 Å². The van der Waals surface area contributed by atoms with Gasteiger partial charge >= 0.3 is 5.97 Å². The van der Waals surface area contributed by atoms with Crippen molar-refractivity contribution in [2.24, 2.45) is 0 Å². The topological polar surface area (TPSA) is 148 Å². The number of nitrogens with zero attached hydrogens (tertiary/aromatic N) is 1. The number of hydrogen-bond acceptors (Lipinski definition) is 8. The summed E-state index contributed by atoms with van der Waals surface area (Å²) in [5, 5.41) is 8.82. The highest BCUT2D eigenvalue weighted by molar-refractivity contribution is 8.00. The third kappa shape index (κ3) is 13.2. The van der Waals surface area contributed by atoms with E-state index in [0.29, 0.717) is 12.3 Å². The number of carbonyl (C=O) groups excluding carboxylic acids is 5. The number of thioether (sulfide) groups is 1. The maximum atomic E-state index is 14.7. The lowest BCUT2D eigenvalue weighted by molar-refractivity contribution is -0.886. The maximum absolute atomic E-state index is 14.7. The van der Waals surface area contributed by atoms with Crippen molar-refractivity contribution in [3.05, 3.63) is 65.2 Å². The molecule has 4 rings (SSSR count). The number of para-hydroxylation sites is 1. The van der Waals surface area contributed by atoms with Crippen LogP contribution in [0, 0.1) is 13.8 Å². The number of amides is 4. The van der Waals surface area contributed by atoms with Crippen molar-refractivity contribution in [2.45, 2.75) is 109 Å². The Kier molecular flexibility index (Phi) is 16.7. The minimum Gasteiger partial charge on any atom is -1.00 e. The van der Waals surface area contributed by atoms with E-state index in [9.17, 15) is 24.0 Å². The Balaban J connectivity index is 0.00000784. The van der Waals surface area contributed by atoms with Gasteiger partial charge < -0.3 is 47.6 Å². The molecule has 3 atom stereocenters. The number of rotatable bonds is 16. The Morgan fingerprint density at radius 3 is 2.22 bits per heavy atom. The van der Waals surface area contributed by atoms with Crippen molar-refractivity contribution in [3.8, 4) is 5.75 Å². The number of likely N-dealkylation sites (tertiary alicyclic amines) is 1. The third-order valence-corrected chi connectivity index (χ3v) is 10.9. The molecule has 0 aromatic heterocycles. The smallest absolute Gasteiger partial charge is 0.307 e. The summed E-state index contributed by atoms with van der Waals surface area (Å²) >= 11 is 1.45. The molecule has 0 unspecified atom stereocenters. The number of carbonyl (C=O) groups is 5. The summed E-state index contributed by atoms with van der Waals surface area (Å²) in [6, 6.07) is 13.0. The van der Waals surface area contributed by atoms with E-state index < -0.39 is 46.3 Å². The number of esters is 1. The summed E-state index contributed by atoms with van der Waals surface area (Å²) in [4.78, 5) is 71.2. The predicted octanol–water partition coefficient (Wildman–Crippen LogP) is -0.505. The number of hydrogen-bond donors (Lipinski definition) is 4. The molecule has 2 aromatic carbocycles. The summed E-state index contributed by atoms with van der Waals surface area (Å²) in [5.41, 5.74) is 1.97. The van der Waals surface area contributed by atoms with Crippen LogP contribution in [0.5, 0.6) is 5.75 Å². The zero-order valence-corrected chi connectivity index (χ0v) is 34.3. The van der Waals surface area contributed by atoms with Gasteiger partial charge in [0.2, 0.25) is 17.9 Å². The minimum absolute atomic E-state index is 0. The Morgan fingerprint density at radius 1 is 0.944 bits per heavy atom. The molecule has 12 nitrogen and oxygen atoms in total. The fourth-order valence-corrected chi connectivity index (χ4v) is 7.98. The van der Waals surface area contributed by atoms with E-state index in [-0.39, 0.29) is 56.0 Å². The van der Waals surface area contributed by atoms with Gasteiger partial charge in [0, 0.05) is 29.5 Å². The lowest BCUT2D eigenvalue weighted by Crippen LogP contribution is -3.10. The van der Waals surface area contributed by atoms with E-state index in [1.165, 1.54) is 34.4 Å². The van der Waals surface area contributed by atoms with E-state index in [1.807, 2.05) is 97.0 Å². The largest absolute Gasteiger partial charge is 1.00 e. The monoisotopic (exact) mass is 787 g/mol. The van der Waals surface area contributed by atoms with Gasteiger partial charge in [0.05, 0.1) is 44.5 Å². The van der Waals surface area contributed by atoms with Crippen LogP contribution in [0.2, 0.25) is 0 Å². The minimum atomic E-state index is -1.51. The Labute approximate surface area is 330 Å². The Bertz CT molecular complexity index is 1580. The van der Waals surface area contributed by atoms with Crippen LogP contribution in [0.1, 0.15) is 77.0 Å². The van der Waals surface area contributed by atoms with Crippen molar-refractivity contribution in [2.75, 3.05) is 38.7 Å². The first-order chi connectivity index (χ1) is 25.0. The molecule has 0 spiro atoms. The van der Waals surface area contributed by atoms with Gasteiger partial charge in [0.15, 0.2) is 6.61 Å². The van der Waals surface area contributed by atoms with Crippen LogP contribution in [0.4, 0.5) is 0 Å². The van der Waals surface area contributed by atoms with Crippen molar-refractivity contribution < 1.29 is 50.8 Å². The normalized spacial score (nSPS) is 17.8. The molecule has 2 heterocycles. The van der Waals surface area contributed by atoms with Crippen molar-refractivity contribution >= 4 is 41.4 Å². The molecular formula is C40H58ClN5O7S. The molecule has 0 aliphatic carbocycles. The zero-order chi connectivity index (χ0) is 38.8. The van der Waals surface area contributed by atoms with Gasteiger partial charge in [-0.15, -0.1) is 11.8 Å². The molecule has 4 amide bonds. The molecule has 2 saturated heterocycles. The van der Waals surface area contributed by atoms with Crippen LogP contribution < -0.4 is 38.0 Å². The molecule has 2 aliphatic heterocycles. The molecule has 2 fully saturated rings. The van der Waals surface area contributed by atoms with E-state index in [1.54, 1.807) is 0 Å². The number of aryl methyl sites for hydroxylation is 2. The molecule has 298 valence electrons. The number of nitrogens with one attached hydrogen (secondary N) is 4. The lowest BCUT2D eigenvalue weighted by Gasteiger charge is -2.36. The predicted molar refractivity (Wildman–Crippen MR) is 205 cm³/mol. The second kappa shape index (κ2) is 20.2. The fraction of sp³-hybridized carbons (Fsp3) is 0.575. The number of ether oxygens (including phenoxy) is 2. The first-order valence-corrected chi connectivity index (χ1v) is 19.6. The number of benzene rings is 2. The first-order valence-electron chi connectivity index (χ1n) is 18.6.